The Morgan fingerprint density at radius 3 is 2.26 bits per heavy atom. The van der Waals surface area contributed by atoms with Gasteiger partial charge in [0.15, 0.2) is 0 Å². The lowest BCUT2D eigenvalue weighted by molar-refractivity contribution is -0.150. The van der Waals surface area contributed by atoms with E-state index in [4.69, 9.17) is 0 Å². The number of hydrogen-bond donors (Lipinski definition) is 1. The van der Waals surface area contributed by atoms with Crippen LogP contribution in [0.2, 0.25) is 0 Å². The van der Waals surface area contributed by atoms with E-state index in [1.807, 2.05) is 25.7 Å². The Labute approximate surface area is 115 Å². The van der Waals surface area contributed by atoms with E-state index in [-0.39, 0.29) is 29.8 Å². The van der Waals surface area contributed by atoms with Gasteiger partial charge in [0.25, 0.3) is 0 Å². The van der Waals surface area contributed by atoms with Crippen molar-refractivity contribution in [2.75, 3.05) is 26.7 Å². The lowest BCUT2D eigenvalue weighted by Crippen LogP contribution is -2.65. The first kappa shape index (κ1) is 14.3. The van der Waals surface area contributed by atoms with Crippen LogP contribution in [0, 0.1) is 5.41 Å². The summed E-state index contributed by atoms with van der Waals surface area (Å²) in [6.07, 6.45) is 1.93. The minimum atomic E-state index is -0.395. The fraction of sp³-hybridized carbons (Fsp3) is 0.857. The molecule has 2 fully saturated rings. The van der Waals surface area contributed by atoms with Crippen LogP contribution >= 0.6 is 0 Å². The first-order chi connectivity index (χ1) is 8.79. The van der Waals surface area contributed by atoms with Crippen molar-refractivity contribution in [1.29, 1.82) is 0 Å². The molecule has 2 aliphatic rings. The van der Waals surface area contributed by atoms with E-state index in [1.165, 1.54) is 0 Å². The van der Waals surface area contributed by atoms with Gasteiger partial charge >= 0.3 is 0 Å². The fourth-order valence-corrected chi connectivity index (χ4v) is 2.87. The Bertz CT molecular complexity index is 367. The van der Waals surface area contributed by atoms with Gasteiger partial charge in [0.1, 0.15) is 6.04 Å². The smallest absolute Gasteiger partial charge is 0.246 e. The van der Waals surface area contributed by atoms with Crippen molar-refractivity contribution in [3.05, 3.63) is 0 Å². The Hall–Kier alpha value is -1.10. The highest BCUT2D eigenvalue weighted by Crippen LogP contribution is 2.26. The van der Waals surface area contributed by atoms with Crippen molar-refractivity contribution in [3.8, 4) is 0 Å². The highest BCUT2D eigenvalue weighted by atomic mass is 16.2. The second kappa shape index (κ2) is 5.12. The summed E-state index contributed by atoms with van der Waals surface area (Å²) in [6.45, 7) is 8.20. The molecular formula is C14H25N3O2. The molecule has 2 amide bonds. The van der Waals surface area contributed by atoms with Crippen molar-refractivity contribution in [2.45, 2.75) is 45.7 Å². The van der Waals surface area contributed by atoms with Gasteiger partial charge < -0.3 is 15.1 Å². The van der Waals surface area contributed by atoms with E-state index in [1.54, 1.807) is 0 Å². The molecule has 0 saturated carbocycles. The third-order valence-electron chi connectivity index (χ3n) is 4.14. The minimum absolute atomic E-state index is 0.0292. The van der Waals surface area contributed by atoms with E-state index in [0.717, 1.165) is 25.9 Å². The number of nitrogens with one attached hydrogen (secondary N) is 1. The normalized spacial score (nSPS) is 27.6. The van der Waals surface area contributed by atoms with E-state index >= 15 is 0 Å². The lowest BCUT2D eigenvalue weighted by Gasteiger charge is -2.44. The third-order valence-corrected chi connectivity index (χ3v) is 4.14. The Balaban J connectivity index is 2.11. The van der Waals surface area contributed by atoms with Crippen molar-refractivity contribution in [2.24, 2.45) is 5.41 Å². The number of piperazine rings is 1. The average molecular weight is 267 g/mol. The Kier molecular flexibility index (Phi) is 3.85. The molecule has 2 saturated heterocycles. The second-order valence-electron chi connectivity index (χ2n) is 6.87. The molecule has 0 bridgehead atoms. The maximum Gasteiger partial charge on any atom is 0.246 e. The summed E-state index contributed by atoms with van der Waals surface area (Å²) >= 11 is 0. The van der Waals surface area contributed by atoms with Gasteiger partial charge in [-0.15, -0.1) is 0 Å². The third kappa shape index (κ3) is 3.08. The van der Waals surface area contributed by atoms with E-state index < -0.39 is 6.04 Å². The van der Waals surface area contributed by atoms with Gasteiger partial charge in [-0.2, -0.15) is 0 Å². The Morgan fingerprint density at radius 2 is 1.74 bits per heavy atom. The monoisotopic (exact) mass is 267 g/mol. The number of rotatable bonds is 1. The van der Waals surface area contributed by atoms with Crippen LogP contribution in [0.1, 0.15) is 33.6 Å². The number of amides is 2. The molecule has 2 aliphatic heterocycles. The first-order valence-corrected chi connectivity index (χ1v) is 7.07. The zero-order valence-corrected chi connectivity index (χ0v) is 12.4. The molecule has 0 aromatic carbocycles. The molecule has 19 heavy (non-hydrogen) atoms. The van der Waals surface area contributed by atoms with E-state index in [0.29, 0.717) is 0 Å². The van der Waals surface area contributed by atoms with Gasteiger partial charge in [-0.3, -0.25) is 9.59 Å². The molecule has 0 radical (unpaired) electrons. The zero-order valence-electron chi connectivity index (χ0n) is 12.4. The van der Waals surface area contributed by atoms with E-state index in [2.05, 4.69) is 17.3 Å². The minimum Gasteiger partial charge on any atom is -0.342 e. The highest BCUT2D eigenvalue weighted by Gasteiger charge is 2.42. The summed E-state index contributed by atoms with van der Waals surface area (Å²) in [5, 5.41) is 2.84. The molecule has 1 atom stereocenters. The summed E-state index contributed by atoms with van der Waals surface area (Å²) in [6, 6.07) is -0.173. The summed E-state index contributed by atoms with van der Waals surface area (Å²) in [7, 11) is 2.10. The number of carbonyl (C=O) groups is 2. The molecule has 5 heteroatoms. The highest BCUT2D eigenvalue weighted by molar-refractivity contribution is 5.95. The van der Waals surface area contributed by atoms with Gasteiger partial charge in [0.2, 0.25) is 11.8 Å². The van der Waals surface area contributed by atoms with Crippen molar-refractivity contribution >= 4 is 11.8 Å². The number of nitrogens with zero attached hydrogens (tertiary/aromatic N) is 2. The molecule has 0 aromatic rings. The van der Waals surface area contributed by atoms with Crippen LogP contribution in [-0.2, 0) is 9.59 Å². The maximum absolute atomic E-state index is 12.6. The van der Waals surface area contributed by atoms with Crippen LogP contribution in [0.15, 0.2) is 0 Å². The van der Waals surface area contributed by atoms with Crippen LogP contribution < -0.4 is 5.32 Å². The van der Waals surface area contributed by atoms with E-state index in [9.17, 15) is 9.59 Å². The molecule has 0 aromatic heterocycles. The molecule has 0 aliphatic carbocycles. The van der Waals surface area contributed by atoms with Crippen molar-refractivity contribution < 1.29 is 9.59 Å². The van der Waals surface area contributed by atoms with Gasteiger partial charge in [0.05, 0.1) is 6.54 Å². The summed E-state index contributed by atoms with van der Waals surface area (Å²) < 4.78 is 0. The number of carbonyl (C=O) groups excluding carboxylic acids is 2. The number of piperidine rings is 1. The summed E-state index contributed by atoms with van der Waals surface area (Å²) in [5.74, 6) is 0.0557. The fourth-order valence-electron chi connectivity index (χ4n) is 2.87. The zero-order chi connectivity index (χ0) is 14.2. The standard InChI is InChI=1S/C14H25N3O2/c1-14(2,3)12-13(19)17(9-11(18)15-12)10-5-7-16(4)8-6-10/h10,12H,5-9H2,1-4H3,(H,15,18). The summed E-state index contributed by atoms with van der Waals surface area (Å²) in [5.41, 5.74) is -0.239. The number of likely N-dealkylation sites (tertiary alicyclic amines) is 1. The molecule has 5 nitrogen and oxygen atoms in total. The van der Waals surface area contributed by atoms with Gasteiger partial charge in [0, 0.05) is 6.04 Å². The average Bonchev–Trinajstić information content (AvgIpc) is 2.31. The number of hydrogen-bond acceptors (Lipinski definition) is 3. The van der Waals surface area contributed by atoms with Gasteiger partial charge in [-0.25, -0.2) is 0 Å². The molecule has 108 valence electrons. The molecule has 1 unspecified atom stereocenters. The van der Waals surface area contributed by atoms with Gasteiger partial charge in [-0.05, 0) is 38.4 Å². The molecule has 2 heterocycles. The lowest BCUT2D eigenvalue weighted by atomic mass is 9.84. The van der Waals surface area contributed by atoms with Crippen LogP contribution in [0.4, 0.5) is 0 Å². The topological polar surface area (TPSA) is 52.6 Å². The second-order valence-corrected chi connectivity index (χ2v) is 6.87. The van der Waals surface area contributed by atoms with Crippen molar-refractivity contribution in [3.63, 3.8) is 0 Å². The Morgan fingerprint density at radius 1 is 1.16 bits per heavy atom. The largest absolute Gasteiger partial charge is 0.342 e. The molecule has 2 rings (SSSR count). The van der Waals surface area contributed by atoms with Crippen molar-refractivity contribution in [1.82, 2.24) is 15.1 Å². The van der Waals surface area contributed by atoms with Gasteiger partial charge in [-0.1, -0.05) is 20.8 Å². The quantitative estimate of drug-likeness (QED) is 0.750. The SMILES string of the molecule is CN1CCC(N2CC(=O)NC(C(C)(C)C)C2=O)CC1. The van der Waals surface area contributed by atoms with Crippen LogP contribution in [0.25, 0.3) is 0 Å². The molecular weight excluding hydrogens is 242 g/mol. The predicted molar refractivity (Wildman–Crippen MR) is 73.6 cm³/mol. The van der Waals surface area contributed by atoms with Crippen LogP contribution in [0.3, 0.4) is 0 Å². The first-order valence-electron chi connectivity index (χ1n) is 7.07. The predicted octanol–water partition coefficient (Wildman–Crippen LogP) is 0.454. The van der Waals surface area contributed by atoms with Crippen LogP contribution in [-0.4, -0.2) is 60.4 Å². The maximum atomic E-state index is 12.6. The van der Waals surface area contributed by atoms with Crippen LogP contribution in [0.5, 0.6) is 0 Å². The molecule has 0 spiro atoms. The summed E-state index contributed by atoms with van der Waals surface area (Å²) in [4.78, 5) is 28.5. The molecule has 1 N–H and O–H groups in total.